The second kappa shape index (κ2) is 14.2. The molecule has 39 heavy (non-hydrogen) atoms. The van der Waals surface area contributed by atoms with Crippen molar-refractivity contribution in [1.29, 1.82) is 0 Å². The van der Waals surface area contributed by atoms with Gasteiger partial charge in [-0.1, -0.05) is 84.9 Å². The maximum atomic E-state index is 13.0. The number of rotatable bonds is 12. The number of benzene rings is 4. The summed E-state index contributed by atoms with van der Waals surface area (Å²) in [6.07, 6.45) is 4.16. The second-order valence-corrected chi connectivity index (χ2v) is 8.82. The molecule has 0 radical (unpaired) electrons. The number of hydrogen-bond acceptors (Lipinski definition) is 5. The van der Waals surface area contributed by atoms with Crippen molar-refractivity contribution in [1.82, 2.24) is 5.32 Å². The lowest BCUT2D eigenvalue weighted by molar-refractivity contribution is -0.142. The molecule has 4 aromatic carbocycles. The van der Waals surface area contributed by atoms with Crippen molar-refractivity contribution in [2.75, 3.05) is 13.7 Å². The van der Waals surface area contributed by atoms with Gasteiger partial charge in [0, 0.05) is 12.0 Å². The molecule has 4 rings (SSSR count). The lowest BCUT2D eigenvalue weighted by Gasteiger charge is -2.17. The maximum Gasteiger partial charge on any atom is 0.328 e. The van der Waals surface area contributed by atoms with E-state index < -0.39 is 17.9 Å². The van der Waals surface area contributed by atoms with Crippen molar-refractivity contribution < 1.29 is 23.8 Å². The summed E-state index contributed by atoms with van der Waals surface area (Å²) in [6, 6.07) is 33.3. The summed E-state index contributed by atoms with van der Waals surface area (Å²) in [5.41, 5.74) is 3.41. The molecule has 0 saturated heterocycles. The summed E-state index contributed by atoms with van der Waals surface area (Å²) in [7, 11) is 1.30. The molecule has 0 fully saturated rings. The minimum Gasteiger partial charge on any atom is -0.490 e. The number of ether oxygens (including phenoxy) is 3. The molecule has 198 valence electrons. The van der Waals surface area contributed by atoms with Crippen molar-refractivity contribution >= 4 is 18.0 Å². The number of esters is 1. The average molecular weight is 522 g/mol. The molecule has 0 aliphatic rings. The fourth-order valence-corrected chi connectivity index (χ4v) is 3.90. The molecule has 0 saturated carbocycles. The van der Waals surface area contributed by atoms with Crippen LogP contribution in [0, 0.1) is 0 Å². The van der Waals surface area contributed by atoms with Crippen LogP contribution in [0.4, 0.5) is 0 Å². The number of carbonyl (C=O) groups is 2. The highest BCUT2D eigenvalue weighted by molar-refractivity contribution is 5.97. The molecular formula is C33H31NO5. The average Bonchev–Trinajstić information content (AvgIpc) is 2.99. The van der Waals surface area contributed by atoms with Crippen molar-refractivity contribution in [3.05, 3.63) is 138 Å². The van der Waals surface area contributed by atoms with Gasteiger partial charge in [0.1, 0.15) is 30.8 Å². The zero-order chi connectivity index (χ0) is 27.3. The lowest BCUT2D eigenvalue weighted by atomic mass is 10.0. The Balaban J connectivity index is 1.33. The van der Waals surface area contributed by atoms with E-state index in [9.17, 15) is 9.59 Å². The number of carbonyl (C=O) groups excluding carboxylic acids is 2. The quantitative estimate of drug-likeness (QED) is 0.236. The third-order valence-electron chi connectivity index (χ3n) is 5.95. The highest BCUT2D eigenvalue weighted by atomic mass is 16.5. The van der Waals surface area contributed by atoms with Gasteiger partial charge in [0.25, 0.3) is 5.91 Å². The van der Waals surface area contributed by atoms with E-state index in [1.54, 1.807) is 24.3 Å². The fraction of sp³-hybridized carbons (Fsp3) is 0.152. The Bertz CT molecular complexity index is 1370. The minimum atomic E-state index is -0.850. The summed E-state index contributed by atoms with van der Waals surface area (Å²) < 4.78 is 16.6. The van der Waals surface area contributed by atoms with Gasteiger partial charge >= 0.3 is 5.97 Å². The molecule has 1 amide bonds. The monoisotopic (exact) mass is 521 g/mol. The maximum absolute atomic E-state index is 13.0. The minimum absolute atomic E-state index is 0.276. The lowest BCUT2D eigenvalue weighted by Crippen LogP contribution is -2.43. The van der Waals surface area contributed by atoms with E-state index in [0.29, 0.717) is 24.5 Å². The fourth-order valence-electron chi connectivity index (χ4n) is 3.90. The molecule has 1 N–H and O–H groups in total. The third kappa shape index (κ3) is 8.61. The summed E-state index contributed by atoms with van der Waals surface area (Å²) in [5.74, 6) is 0.363. The number of hydrogen-bond donors (Lipinski definition) is 1. The van der Waals surface area contributed by atoms with Crippen LogP contribution in [-0.4, -0.2) is 31.6 Å². The van der Waals surface area contributed by atoms with Crippen LogP contribution in [0.3, 0.4) is 0 Å². The van der Waals surface area contributed by atoms with Crippen molar-refractivity contribution in [2.24, 2.45) is 0 Å². The van der Waals surface area contributed by atoms with Gasteiger partial charge in [-0.25, -0.2) is 4.79 Å². The van der Waals surface area contributed by atoms with Crippen LogP contribution < -0.4 is 14.8 Å². The predicted molar refractivity (Wildman–Crippen MR) is 152 cm³/mol. The van der Waals surface area contributed by atoms with Gasteiger partial charge in [-0.3, -0.25) is 4.79 Å². The highest BCUT2D eigenvalue weighted by Gasteiger charge is 2.23. The number of nitrogens with one attached hydrogen (secondary N) is 1. The topological polar surface area (TPSA) is 73.9 Å². The van der Waals surface area contributed by atoms with Crippen LogP contribution in [0.5, 0.6) is 11.5 Å². The van der Waals surface area contributed by atoms with Gasteiger partial charge in [0.2, 0.25) is 0 Å². The van der Waals surface area contributed by atoms with E-state index in [0.717, 1.165) is 22.4 Å². The Morgan fingerprint density at radius 3 is 2.21 bits per heavy atom. The molecule has 6 heteroatoms. The molecule has 0 spiro atoms. The van der Waals surface area contributed by atoms with Crippen LogP contribution in [0.15, 0.2) is 115 Å². The van der Waals surface area contributed by atoms with Crippen LogP contribution in [0.1, 0.15) is 27.0 Å². The van der Waals surface area contributed by atoms with Gasteiger partial charge in [-0.05, 0) is 53.1 Å². The molecule has 0 heterocycles. The van der Waals surface area contributed by atoms with Gasteiger partial charge in [0.05, 0.1) is 7.11 Å². The first-order valence-electron chi connectivity index (χ1n) is 12.7. The molecule has 0 unspecified atom stereocenters. The van der Waals surface area contributed by atoms with Gasteiger partial charge in [0.15, 0.2) is 0 Å². The van der Waals surface area contributed by atoms with Crippen LogP contribution in [0.2, 0.25) is 0 Å². The van der Waals surface area contributed by atoms with Gasteiger partial charge in [-0.15, -0.1) is 0 Å². The smallest absolute Gasteiger partial charge is 0.328 e. The summed E-state index contributed by atoms with van der Waals surface area (Å²) >= 11 is 0. The Hall–Kier alpha value is -4.84. The third-order valence-corrected chi connectivity index (χ3v) is 5.95. The van der Waals surface area contributed by atoms with Crippen molar-refractivity contribution in [3.8, 4) is 11.5 Å². The van der Waals surface area contributed by atoms with Gasteiger partial charge in [-0.2, -0.15) is 0 Å². The van der Waals surface area contributed by atoms with E-state index in [1.807, 2.05) is 97.1 Å². The highest BCUT2D eigenvalue weighted by Crippen LogP contribution is 2.17. The molecule has 6 nitrogen and oxygen atoms in total. The predicted octanol–water partition coefficient (Wildman–Crippen LogP) is 5.87. The summed E-state index contributed by atoms with van der Waals surface area (Å²) in [6.45, 7) is 0.822. The summed E-state index contributed by atoms with van der Waals surface area (Å²) in [4.78, 5) is 25.5. The molecular weight excluding hydrogens is 490 g/mol. The van der Waals surface area contributed by atoms with E-state index in [2.05, 4.69) is 5.32 Å². The molecule has 4 aromatic rings. The van der Waals surface area contributed by atoms with E-state index in [4.69, 9.17) is 14.2 Å². The van der Waals surface area contributed by atoms with Gasteiger partial charge < -0.3 is 19.5 Å². The first-order valence-corrected chi connectivity index (χ1v) is 12.7. The molecule has 1 atom stereocenters. The molecule has 0 bridgehead atoms. The SMILES string of the molecule is COC(=O)[C@H](Cc1ccc(OCc2ccccc2)cc1)NC(=O)c1cccc(OC/C=C/c2ccccc2)c1. The normalized spacial score (nSPS) is 11.5. The van der Waals surface area contributed by atoms with E-state index in [-0.39, 0.29) is 6.42 Å². The van der Waals surface area contributed by atoms with Crippen molar-refractivity contribution in [3.63, 3.8) is 0 Å². The zero-order valence-corrected chi connectivity index (χ0v) is 21.8. The number of amides is 1. The van der Waals surface area contributed by atoms with E-state index >= 15 is 0 Å². The van der Waals surface area contributed by atoms with E-state index in [1.165, 1.54) is 7.11 Å². The summed E-state index contributed by atoms with van der Waals surface area (Å²) in [5, 5.41) is 2.80. The molecule has 0 aromatic heterocycles. The van der Waals surface area contributed by atoms with Crippen LogP contribution >= 0.6 is 0 Å². The van der Waals surface area contributed by atoms with Crippen LogP contribution in [-0.2, 0) is 22.6 Å². The Morgan fingerprint density at radius 2 is 1.49 bits per heavy atom. The first-order chi connectivity index (χ1) is 19.1. The Morgan fingerprint density at radius 1 is 0.769 bits per heavy atom. The molecule has 0 aliphatic heterocycles. The van der Waals surface area contributed by atoms with Crippen molar-refractivity contribution in [2.45, 2.75) is 19.1 Å². The standard InChI is InChI=1S/C33H31NO5/c1-37-33(36)31(22-26-17-19-29(20-18-26)39-24-27-12-6-3-7-13-27)34-32(35)28-15-8-16-30(23-28)38-21-9-14-25-10-4-2-5-11-25/h2-20,23,31H,21-22,24H2,1H3,(H,34,35)/b14-9+/t31-/m0/s1. The number of methoxy groups -OCH3 is 1. The zero-order valence-electron chi connectivity index (χ0n) is 21.8. The molecule has 0 aliphatic carbocycles. The Kier molecular flexibility index (Phi) is 9.90. The largest absolute Gasteiger partial charge is 0.490 e. The first kappa shape index (κ1) is 27.2. The van der Waals surface area contributed by atoms with Crippen LogP contribution in [0.25, 0.3) is 6.08 Å². The Labute approximate surface area is 228 Å². The second-order valence-electron chi connectivity index (χ2n) is 8.82.